The molecule has 3 rings (SSSR count). The lowest BCUT2D eigenvalue weighted by Crippen LogP contribution is -2.05. The van der Waals surface area contributed by atoms with Crippen LogP contribution in [0.1, 0.15) is 11.5 Å². The molecule has 23 heavy (non-hydrogen) atoms. The molecule has 0 amide bonds. The van der Waals surface area contributed by atoms with E-state index in [1.165, 1.54) is 0 Å². The van der Waals surface area contributed by atoms with Crippen LogP contribution in [-0.2, 0) is 15.6 Å². The molecule has 0 aliphatic carbocycles. The Morgan fingerprint density at radius 3 is 2.35 bits per heavy atom. The van der Waals surface area contributed by atoms with Crippen molar-refractivity contribution in [3.63, 3.8) is 0 Å². The summed E-state index contributed by atoms with van der Waals surface area (Å²) < 4.78 is 30.8. The number of hydrogen-bond donors (Lipinski definition) is 0. The second kappa shape index (κ2) is 6.25. The van der Waals surface area contributed by atoms with Gasteiger partial charge < -0.3 is 4.52 Å². The minimum Gasteiger partial charge on any atom is -0.338 e. The zero-order valence-electron chi connectivity index (χ0n) is 12.2. The zero-order chi connectivity index (χ0) is 16.4. The Labute approximate surface area is 142 Å². The number of sulfone groups is 1. The van der Waals surface area contributed by atoms with Crippen LogP contribution in [0.5, 0.6) is 0 Å². The van der Waals surface area contributed by atoms with Gasteiger partial charge in [-0.3, -0.25) is 0 Å². The van der Waals surface area contributed by atoms with E-state index in [0.29, 0.717) is 5.82 Å². The minimum atomic E-state index is -3.51. The highest BCUT2D eigenvalue weighted by Gasteiger charge is 2.20. The van der Waals surface area contributed by atoms with Crippen molar-refractivity contribution in [1.82, 2.24) is 10.1 Å². The van der Waals surface area contributed by atoms with E-state index in [1.54, 1.807) is 24.3 Å². The highest BCUT2D eigenvalue weighted by Crippen LogP contribution is 2.21. The Morgan fingerprint density at radius 1 is 1.04 bits per heavy atom. The average molecular weight is 393 g/mol. The number of aryl methyl sites for hydroxylation is 1. The van der Waals surface area contributed by atoms with Crippen LogP contribution in [0.25, 0.3) is 11.4 Å². The van der Waals surface area contributed by atoms with Crippen molar-refractivity contribution in [3.8, 4) is 11.4 Å². The van der Waals surface area contributed by atoms with Gasteiger partial charge in [-0.1, -0.05) is 38.8 Å². The van der Waals surface area contributed by atoms with Crippen molar-refractivity contribution in [3.05, 3.63) is 64.5 Å². The van der Waals surface area contributed by atoms with E-state index in [-0.39, 0.29) is 16.5 Å². The van der Waals surface area contributed by atoms with Gasteiger partial charge in [0.25, 0.3) is 0 Å². The third-order valence-corrected chi connectivity index (χ3v) is 5.41. The molecule has 1 heterocycles. The molecule has 0 atom stereocenters. The standard InChI is InChI=1S/C16H13BrN2O3S/c1-11-2-8-14(9-3-11)23(20,21)10-15-18-16(19-22-15)12-4-6-13(17)7-5-12/h2-9H,10H2,1H3. The largest absolute Gasteiger partial charge is 0.338 e. The third kappa shape index (κ3) is 3.68. The summed E-state index contributed by atoms with van der Waals surface area (Å²) in [5, 5.41) is 3.84. The monoisotopic (exact) mass is 392 g/mol. The minimum absolute atomic E-state index is 0.0727. The molecule has 0 saturated carbocycles. The van der Waals surface area contributed by atoms with Gasteiger partial charge in [0.2, 0.25) is 11.7 Å². The van der Waals surface area contributed by atoms with E-state index in [4.69, 9.17) is 4.52 Å². The summed E-state index contributed by atoms with van der Waals surface area (Å²) in [4.78, 5) is 4.41. The molecule has 0 unspecified atom stereocenters. The lowest BCUT2D eigenvalue weighted by Gasteiger charge is -2.01. The molecule has 7 heteroatoms. The topological polar surface area (TPSA) is 73.1 Å². The Hall–Kier alpha value is -1.99. The smallest absolute Gasteiger partial charge is 0.242 e. The molecule has 0 spiro atoms. The van der Waals surface area contributed by atoms with Gasteiger partial charge in [0.1, 0.15) is 5.75 Å². The van der Waals surface area contributed by atoms with Gasteiger partial charge in [0.15, 0.2) is 9.84 Å². The molecule has 0 aliphatic heterocycles. The SMILES string of the molecule is Cc1ccc(S(=O)(=O)Cc2nc(-c3ccc(Br)cc3)no2)cc1. The van der Waals surface area contributed by atoms with Crippen molar-refractivity contribution in [2.24, 2.45) is 0 Å². The second-order valence-corrected chi connectivity index (χ2v) is 8.00. The fraction of sp³-hybridized carbons (Fsp3) is 0.125. The predicted molar refractivity (Wildman–Crippen MR) is 89.5 cm³/mol. The molecule has 118 valence electrons. The van der Waals surface area contributed by atoms with Gasteiger partial charge in [-0.05, 0) is 43.3 Å². The molecule has 0 fully saturated rings. The van der Waals surface area contributed by atoms with Crippen LogP contribution in [0.4, 0.5) is 0 Å². The molecule has 2 aromatic carbocycles. The van der Waals surface area contributed by atoms with Crippen LogP contribution in [0, 0.1) is 6.92 Å². The van der Waals surface area contributed by atoms with Crippen LogP contribution >= 0.6 is 15.9 Å². The molecule has 0 bridgehead atoms. The maximum Gasteiger partial charge on any atom is 0.242 e. The van der Waals surface area contributed by atoms with E-state index >= 15 is 0 Å². The lowest BCUT2D eigenvalue weighted by molar-refractivity contribution is 0.389. The van der Waals surface area contributed by atoms with Crippen LogP contribution in [0.2, 0.25) is 0 Å². The first-order chi connectivity index (χ1) is 10.9. The number of aromatic nitrogens is 2. The quantitative estimate of drug-likeness (QED) is 0.675. The normalized spacial score (nSPS) is 11.6. The predicted octanol–water partition coefficient (Wildman–Crippen LogP) is 3.78. The maximum absolute atomic E-state index is 12.4. The second-order valence-electron chi connectivity index (χ2n) is 5.09. The lowest BCUT2D eigenvalue weighted by atomic mass is 10.2. The summed E-state index contributed by atoms with van der Waals surface area (Å²) in [5.41, 5.74) is 1.76. The Morgan fingerprint density at radius 2 is 1.70 bits per heavy atom. The molecule has 0 N–H and O–H groups in total. The van der Waals surface area contributed by atoms with Gasteiger partial charge in [-0.25, -0.2) is 8.42 Å². The summed E-state index contributed by atoms with van der Waals surface area (Å²) >= 11 is 3.35. The molecular weight excluding hydrogens is 380 g/mol. The Balaban J connectivity index is 1.83. The first kappa shape index (κ1) is 15.9. The van der Waals surface area contributed by atoms with Crippen LogP contribution < -0.4 is 0 Å². The zero-order valence-corrected chi connectivity index (χ0v) is 14.6. The van der Waals surface area contributed by atoms with Crippen molar-refractivity contribution in [2.45, 2.75) is 17.6 Å². The van der Waals surface area contributed by atoms with E-state index in [9.17, 15) is 8.42 Å². The molecule has 5 nitrogen and oxygen atoms in total. The molecule has 0 saturated heterocycles. The van der Waals surface area contributed by atoms with Gasteiger partial charge in [-0.15, -0.1) is 0 Å². The highest BCUT2D eigenvalue weighted by atomic mass is 79.9. The average Bonchev–Trinajstić information content (AvgIpc) is 2.96. The highest BCUT2D eigenvalue weighted by molar-refractivity contribution is 9.10. The Kier molecular flexibility index (Phi) is 4.32. The molecule has 0 radical (unpaired) electrons. The number of nitrogens with zero attached hydrogens (tertiary/aromatic N) is 2. The summed E-state index contributed by atoms with van der Waals surface area (Å²) in [7, 11) is -3.51. The van der Waals surface area contributed by atoms with Crippen LogP contribution in [-0.4, -0.2) is 18.6 Å². The summed E-state index contributed by atoms with van der Waals surface area (Å²) in [5.74, 6) is 0.120. The molecule has 1 aromatic heterocycles. The number of halogens is 1. The van der Waals surface area contributed by atoms with Crippen LogP contribution in [0.3, 0.4) is 0 Å². The molecule has 0 aliphatic rings. The third-order valence-electron chi connectivity index (χ3n) is 3.26. The van der Waals surface area contributed by atoms with Gasteiger partial charge in [0.05, 0.1) is 4.90 Å². The summed E-state index contributed by atoms with van der Waals surface area (Å²) in [6.45, 7) is 1.90. The van der Waals surface area contributed by atoms with E-state index in [0.717, 1.165) is 15.6 Å². The first-order valence-electron chi connectivity index (χ1n) is 6.82. The number of rotatable bonds is 4. The van der Waals surface area contributed by atoms with Crippen molar-refractivity contribution < 1.29 is 12.9 Å². The maximum atomic E-state index is 12.4. The summed E-state index contributed by atoms with van der Waals surface area (Å²) in [6, 6.07) is 14.0. The first-order valence-corrected chi connectivity index (χ1v) is 9.26. The van der Waals surface area contributed by atoms with Crippen molar-refractivity contribution in [1.29, 1.82) is 0 Å². The Bertz CT molecular complexity index is 917. The van der Waals surface area contributed by atoms with Crippen LogP contribution in [0.15, 0.2) is 62.4 Å². The van der Waals surface area contributed by atoms with E-state index < -0.39 is 9.84 Å². The van der Waals surface area contributed by atoms with Gasteiger partial charge in [0, 0.05) is 10.0 Å². The van der Waals surface area contributed by atoms with Crippen molar-refractivity contribution in [2.75, 3.05) is 0 Å². The molecule has 3 aromatic rings. The van der Waals surface area contributed by atoms with Crippen molar-refractivity contribution >= 4 is 25.8 Å². The van der Waals surface area contributed by atoms with Gasteiger partial charge in [-0.2, -0.15) is 4.98 Å². The molecular formula is C16H13BrN2O3S. The fourth-order valence-electron chi connectivity index (χ4n) is 2.02. The number of hydrogen-bond acceptors (Lipinski definition) is 5. The summed E-state index contributed by atoms with van der Waals surface area (Å²) in [6.07, 6.45) is 0. The van der Waals surface area contributed by atoms with E-state index in [1.807, 2.05) is 31.2 Å². The van der Waals surface area contributed by atoms with Gasteiger partial charge >= 0.3 is 0 Å². The number of benzene rings is 2. The fourth-order valence-corrected chi connectivity index (χ4v) is 3.45. The van der Waals surface area contributed by atoms with E-state index in [2.05, 4.69) is 26.1 Å².